The molecule has 2 heterocycles. The highest BCUT2D eigenvalue weighted by molar-refractivity contribution is 6.33. The third kappa shape index (κ3) is 3.55. The van der Waals surface area contributed by atoms with E-state index in [9.17, 15) is 4.79 Å². The summed E-state index contributed by atoms with van der Waals surface area (Å²) in [4.78, 5) is 23.6. The average molecular weight is 398 g/mol. The van der Waals surface area contributed by atoms with Crippen molar-refractivity contribution in [3.8, 4) is 11.4 Å². The number of carbonyl (C=O) groups excluding carboxylic acids is 1. The van der Waals surface area contributed by atoms with E-state index in [1.807, 2.05) is 47.4 Å². The van der Waals surface area contributed by atoms with Crippen molar-refractivity contribution in [1.29, 1.82) is 0 Å². The third-order valence-electron chi connectivity index (χ3n) is 4.79. The van der Waals surface area contributed by atoms with E-state index in [1.165, 1.54) is 0 Å². The second-order valence-electron chi connectivity index (χ2n) is 6.45. The molecule has 27 heavy (non-hydrogen) atoms. The van der Waals surface area contributed by atoms with Crippen molar-refractivity contribution in [3.63, 3.8) is 0 Å². The van der Waals surface area contributed by atoms with Crippen molar-refractivity contribution >= 4 is 29.1 Å². The van der Waals surface area contributed by atoms with Crippen LogP contribution in [0.1, 0.15) is 34.8 Å². The van der Waals surface area contributed by atoms with Gasteiger partial charge in [0, 0.05) is 29.5 Å². The zero-order valence-corrected chi connectivity index (χ0v) is 16.0. The topological polar surface area (TPSA) is 46.1 Å². The first kappa shape index (κ1) is 18.0. The van der Waals surface area contributed by atoms with Crippen LogP contribution in [0.25, 0.3) is 11.4 Å². The number of likely N-dealkylation sites (tertiary alicyclic amines) is 1. The number of amides is 1. The highest BCUT2D eigenvalue weighted by Gasteiger charge is 2.32. The van der Waals surface area contributed by atoms with Crippen LogP contribution in [0, 0.1) is 0 Å². The number of nitrogens with zero attached hydrogens (tertiary/aromatic N) is 3. The lowest BCUT2D eigenvalue weighted by Crippen LogP contribution is -2.30. The highest BCUT2D eigenvalue weighted by atomic mass is 35.5. The number of halogens is 2. The van der Waals surface area contributed by atoms with Crippen LogP contribution in [-0.4, -0.2) is 27.3 Å². The molecule has 0 N–H and O–H groups in total. The minimum atomic E-state index is -0.0804. The summed E-state index contributed by atoms with van der Waals surface area (Å²) in [6.45, 7) is 0.695. The first-order valence-electron chi connectivity index (χ1n) is 8.77. The van der Waals surface area contributed by atoms with Crippen LogP contribution in [0.5, 0.6) is 0 Å². The van der Waals surface area contributed by atoms with Crippen LogP contribution >= 0.6 is 23.2 Å². The van der Waals surface area contributed by atoms with Crippen molar-refractivity contribution in [2.24, 2.45) is 0 Å². The molecule has 136 valence electrons. The van der Waals surface area contributed by atoms with Crippen LogP contribution in [0.15, 0.2) is 60.9 Å². The number of aromatic nitrogens is 2. The van der Waals surface area contributed by atoms with Crippen molar-refractivity contribution in [2.45, 2.75) is 18.9 Å². The van der Waals surface area contributed by atoms with Crippen LogP contribution in [-0.2, 0) is 0 Å². The Labute approximate surface area is 167 Å². The van der Waals surface area contributed by atoms with Gasteiger partial charge in [-0.05, 0) is 36.6 Å². The van der Waals surface area contributed by atoms with Gasteiger partial charge in [0.2, 0.25) is 0 Å². The molecule has 1 aliphatic heterocycles. The molecule has 6 heteroatoms. The molecule has 4 rings (SSSR count). The lowest BCUT2D eigenvalue weighted by atomic mass is 10.0. The Morgan fingerprint density at radius 1 is 0.963 bits per heavy atom. The van der Waals surface area contributed by atoms with Gasteiger partial charge in [-0.3, -0.25) is 4.79 Å². The molecule has 1 atom stereocenters. The fourth-order valence-electron chi connectivity index (χ4n) is 3.46. The molecule has 0 bridgehead atoms. The van der Waals surface area contributed by atoms with Gasteiger partial charge in [0.05, 0.1) is 16.6 Å². The van der Waals surface area contributed by atoms with Crippen molar-refractivity contribution in [3.05, 3.63) is 82.1 Å². The summed E-state index contributed by atoms with van der Waals surface area (Å²) in [5.41, 5.74) is 2.19. The molecule has 0 aliphatic carbocycles. The lowest BCUT2D eigenvalue weighted by molar-refractivity contribution is 0.0735. The summed E-state index contributed by atoms with van der Waals surface area (Å²) in [6, 6.07) is 15.0. The maximum atomic E-state index is 13.0. The van der Waals surface area contributed by atoms with Crippen molar-refractivity contribution in [1.82, 2.24) is 14.9 Å². The molecule has 0 saturated carbocycles. The SMILES string of the molecule is O=C(c1cnc(-c2ccccc2Cl)nc1)N1CCC[C@@H]1c1ccccc1Cl. The quantitative estimate of drug-likeness (QED) is 0.591. The van der Waals surface area contributed by atoms with E-state index >= 15 is 0 Å². The first-order valence-corrected chi connectivity index (χ1v) is 9.53. The molecule has 1 saturated heterocycles. The van der Waals surface area contributed by atoms with E-state index in [0.717, 1.165) is 24.0 Å². The fourth-order valence-corrected chi connectivity index (χ4v) is 3.95. The van der Waals surface area contributed by atoms with E-state index in [2.05, 4.69) is 9.97 Å². The molecule has 0 radical (unpaired) electrons. The van der Waals surface area contributed by atoms with Gasteiger partial charge in [-0.2, -0.15) is 0 Å². The predicted molar refractivity (Wildman–Crippen MR) is 107 cm³/mol. The molecule has 1 fully saturated rings. The third-order valence-corrected chi connectivity index (χ3v) is 5.47. The van der Waals surface area contributed by atoms with Crippen molar-refractivity contribution < 1.29 is 4.79 Å². The van der Waals surface area contributed by atoms with E-state index in [1.54, 1.807) is 18.5 Å². The summed E-state index contributed by atoms with van der Waals surface area (Å²) in [6.07, 6.45) is 4.97. The average Bonchev–Trinajstić information content (AvgIpc) is 3.18. The first-order chi connectivity index (χ1) is 13.1. The molecule has 0 unspecified atom stereocenters. The fraction of sp³-hybridized carbons (Fsp3) is 0.190. The Bertz CT molecular complexity index is 975. The van der Waals surface area contributed by atoms with Crippen LogP contribution in [0.4, 0.5) is 0 Å². The second-order valence-corrected chi connectivity index (χ2v) is 7.27. The second kappa shape index (κ2) is 7.67. The Morgan fingerprint density at radius 3 is 2.33 bits per heavy atom. The Kier molecular flexibility index (Phi) is 5.10. The molecule has 1 amide bonds. The van der Waals surface area contributed by atoms with E-state index in [-0.39, 0.29) is 11.9 Å². The highest BCUT2D eigenvalue weighted by Crippen LogP contribution is 2.36. The Morgan fingerprint density at radius 2 is 1.63 bits per heavy atom. The van der Waals surface area contributed by atoms with E-state index in [4.69, 9.17) is 23.2 Å². The van der Waals surface area contributed by atoms with Gasteiger partial charge in [-0.25, -0.2) is 9.97 Å². The summed E-state index contributed by atoms with van der Waals surface area (Å²) >= 11 is 12.5. The van der Waals surface area contributed by atoms with E-state index < -0.39 is 0 Å². The number of carbonyl (C=O) groups is 1. The largest absolute Gasteiger partial charge is 0.331 e. The monoisotopic (exact) mass is 397 g/mol. The van der Waals surface area contributed by atoms with Gasteiger partial charge in [-0.15, -0.1) is 0 Å². The molecule has 4 nitrogen and oxygen atoms in total. The summed E-state index contributed by atoms with van der Waals surface area (Å²) in [7, 11) is 0. The minimum absolute atomic E-state index is 0.0190. The molecule has 0 spiro atoms. The molecular formula is C21H17Cl2N3O. The lowest BCUT2D eigenvalue weighted by Gasteiger charge is -2.25. The van der Waals surface area contributed by atoms with Gasteiger partial charge in [0.15, 0.2) is 5.82 Å². The summed E-state index contributed by atoms with van der Waals surface area (Å²) in [5.74, 6) is 0.421. The molecule has 2 aromatic carbocycles. The summed E-state index contributed by atoms with van der Waals surface area (Å²) < 4.78 is 0. The number of rotatable bonds is 3. The smallest absolute Gasteiger partial charge is 0.257 e. The van der Waals surface area contributed by atoms with Crippen LogP contribution < -0.4 is 0 Å². The zero-order valence-electron chi connectivity index (χ0n) is 14.5. The van der Waals surface area contributed by atoms with Gasteiger partial charge in [0.25, 0.3) is 5.91 Å². The van der Waals surface area contributed by atoms with Crippen molar-refractivity contribution in [2.75, 3.05) is 6.54 Å². The predicted octanol–water partition coefficient (Wildman–Crippen LogP) is 5.43. The number of hydrogen-bond donors (Lipinski definition) is 0. The zero-order chi connectivity index (χ0) is 18.8. The minimum Gasteiger partial charge on any atom is -0.331 e. The maximum Gasteiger partial charge on any atom is 0.257 e. The van der Waals surface area contributed by atoms with Gasteiger partial charge in [-0.1, -0.05) is 53.5 Å². The maximum absolute atomic E-state index is 13.0. The van der Waals surface area contributed by atoms with Gasteiger partial charge < -0.3 is 4.90 Å². The van der Waals surface area contributed by atoms with Gasteiger partial charge in [0.1, 0.15) is 0 Å². The number of benzene rings is 2. The molecule has 1 aliphatic rings. The standard InChI is InChI=1S/C21H17Cl2N3O/c22-17-8-3-1-6-15(17)19-10-5-11-26(19)21(27)14-12-24-20(25-13-14)16-7-2-4-9-18(16)23/h1-4,6-9,12-13,19H,5,10-11H2/t19-/m1/s1. The Hall–Kier alpha value is -2.43. The molecule has 1 aromatic heterocycles. The molecular weight excluding hydrogens is 381 g/mol. The van der Waals surface area contributed by atoms with Crippen LogP contribution in [0.2, 0.25) is 10.0 Å². The normalized spacial score (nSPS) is 16.5. The summed E-state index contributed by atoms with van der Waals surface area (Å²) in [5, 5.41) is 1.27. The molecule has 3 aromatic rings. The van der Waals surface area contributed by atoms with E-state index in [0.29, 0.717) is 28.0 Å². The van der Waals surface area contributed by atoms with Gasteiger partial charge >= 0.3 is 0 Å². The van der Waals surface area contributed by atoms with Crippen LogP contribution in [0.3, 0.4) is 0 Å². The Balaban J connectivity index is 1.59. The number of hydrogen-bond acceptors (Lipinski definition) is 3.